The number of benzene rings is 2. The summed E-state index contributed by atoms with van der Waals surface area (Å²) in [6, 6.07) is 20.0. The summed E-state index contributed by atoms with van der Waals surface area (Å²) in [6.07, 6.45) is -2.24. The van der Waals surface area contributed by atoms with Crippen LogP contribution in [0.1, 0.15) is 23.4 Å². The summed E-state index contributed by atoms with van der Waals surface area (Å²) >= 11 is 0. The predicted molar refractivity (Wildman–Crippen MR) is 126 cm³/mol. The Morgan fingerprint density at radius 2 is 1.71 bits per heavy atom. The summed E-state index contributed by atoms with van der Waals surface area (Å²) in [5.41, 5.74) is 9.05. The third-order valence-electron chi connectivity index (χ3n) is 6.03. The number of ether oxygens (including phenoxy) is 1. The van der Waals surface area contributed by atoms with Crippen LogP contribution in [-0.2, 0) is 11.2 Å². The second kappa shape index (κ2) is 9.35. The summed E-state index contributed by atoms with van der Waals surface area (Å²) in [5.74, 6) is 0.466. The molecule has 3 heterocycles. The zero-order valence-electron chi connectivity index (χ0n) is 18.3. The van der Waals surface area contributed by atoms with Gasteiger partial charge in [0.2, 0.25) is 5.95 Å². The van der Waals surface area contributed by atoms with Crippen molar-refractivity contribution in [2.45, 2.75) is 37.0 Å². The van der Waals surface area contributed by atoms with Crippen LogP contribution in [-0.4, -0.2) is 59.8 Å². The molecular weight excluding hydrogens is 436 g/mol. The molecular formula is C24H26N6O4. The Labute approximate surface area is 195 Å². The highest BCUT2D eigenvalue weighted by atomic mass is 16.6. The van der Waals surface area contributed by atoms with E-state index in [0.29, 0.717) is 23.4 Å². The first-order chi connectivity index (χ1) is 16.5. The molecule has 6 N–H and O–H groups in total. The molecule has 2 aromatic carbocycles. The van der Waals surface area contributed by atoms with Gasteiger partial charge in [-0.3, -0.25) is 4.57 Å². The first-order valence-corrected chi connectivity index (χ1v) is 11.0. The quantitative estimate of drug-likeness (QED) is 0.274. The fourth-order valence-corrected chi connectivity index (χ4v) is 4.28. The first kappa shape index (κ1) is 22.2. The van der Waals surface area contributed by atoms with Gasteiger partial charge in [-0.1, -0.05) is 60.7 Å². The third-order valence-corrected chi connectivity index (χ3v) is 6.03. The summed E-state index contributed by atoms with van der Waals surface area (Å²) in [4.78, 5) is 13.2. The largest absolute Gasteiger partial charge is 0.394 e. The lowest BCUT2D eigenvalue weighted by Gasteiger charge is -2.21. The number of aliphatic hydroxyl groups excluding tert-OH is 3. The van der Waals surface area contributed by atoms with Gasteiger partial charge in [0.25, 0.3) is 0 Å². The SMILES string of the molecule is Nc1nc(NC(Cc2ccccc2)c2ccccc2)c2ncn(C3O[C@H](CO)[C@@H](O)[C@H]3O)c2n1. The Bertz CT molecular complexity index is 1250. The monoisotopic (exact) mass is 462 g/mol. The van der Waals surface area contributed by atoms with E-state index in [1.165, 1.54) is 10.9 Å². The predicted octanol–water partition coefficient (Wildman–Crippen LogP) is 1.42. The van der Waals surface area contributed by atoms with E-state index < -0.39 is 31.1 Å². The molecule has 0 spiro atoms. The molecule has 0 bridgehead atoms. The molecule has 2 unspecified atom stereocenters. The average Bonchev–Trinajstić information content (AvgIpc) is 3.40. The van der Waals surface area contributed by atoms with Crippen LogP contribution in [0.25, 0.3) is 11.2 Å². The number of hydrogen-bond acceptors (Lipinski definition) is 9. The molecule has 176 valence electrons. The molecule has 0 saturated carbocycles. The minimum atomic E-state index is -1.27. The lowest BCUT2D eigenvalue weighted by molar-refractivity contribution is -0.0511. The fraction of sp³-hybridized carbons (Fsp3) is 0.292. The van der Waals surface area contributed by atoms with Crippen molar-refractivity contribution in [2.24, 2.45) is 0 Å². The number of fused-ring (bicyclic) bond motifs is 1. The van der Waals surface area contributed by atoms with E-state index in [0.717, 1.165) is 11.1 Å². The van der Waals surface area contributed by atoms with Crippen LogP contribution in [0, 0.1) is 0 Å². The van der Waals surface area contributed by atoms with E-state index in [2.05, 4.69) is 32.4 Å². The standard InChI is InChI=1S/C24H26N6O4/c25-24-28-21(27-16(15-9-5-2-6-10-15)11-14-7-3-1-4-8-14)18-22(29-24)30(13-26-18)23-20(33)19(32)17(12-31)34-23/h1-10,13,16-17,19-20,23,31-33H,11-12H2,(H3,25,27,28,29)/t16?,17-,19-,20-,23?/m1/s1. The number of aliphatic hydroxyl groups is 3. The number of rotatable bonds is 7. The van der Waals surface area contributed by atoms with Crippen LogP contribution in [0.2, 0.25) is 0 Å². The van der Waals surface area contributed by atoms with E-state index in [4.69, 9.17) is 10.5 Å². The van der Waals surface area contributed by atoms with Crippen LogP contribution < -0.4 is 11.1 Å². The number of nitrogens with one attached hydrogen (secondary N) is 1. The summed E-state index contributed by atoms with van der Waals surface area (Å²) in [7, 11) is 0. The van der Waals surface area contributed by atoms with Gasteiger partial charge in [-0.15, -0.1) is 0 Å². The van der Waals surface area contributed by atoms with Crippen molar-refractivity contribution in [3.63, 3.8) is 0 Å². The van der Waals surface area contributed by atoms with Gasteiger partial charge in [0.1, 0.15) is 18.3 Å². The Balaban J connectivity index is 1.51. The van der Waals surface area contributed by atoms with E-state index in [1.54, 1.807) is 0 Å². The zero-order valence-corrected chi connectivity index (χ0v) is 18.3. The molecule has 5 rings (SSSR count). The summed E-state index contributed by atoms with van der Waals surface area (Å²) < 4.78 is 7.14. The van der Waals surface area contributed by atoms with Crippen LogP contribution in [0.15, 0.2) is 67.0 Å². The maximum absolute atomic E-state index is 10.5. The number of nitrogens with two attached hydrogens (primary N) is 1. The van der Waals surface area contributed by atoms with Crippen molar-refractivity contribution < 1.29 is 20.1 Å². The first-order valence-electron chi connectivity index (χ1n) is 11.0. The normalized spacial score (nSPS) is 23.3. The van der Waals surface area contributed by atoms with E-state index in [-0.39, 0.29) is 12.0 Å². The van der Waals surface area contributed by atoms with E-state index in [1.807, 2.05) is 48.5 Å². The van der Waals surface area contributed by atoms with Crippen molar-refractivity contribution in [1.29, 1.82) is 0 Å². The van der Waals surface area contributed by atoms with Crippen molar-refractivity contribution in [3.8, 4) is 0 Å². The van der Waals surface area contributed by atoms with Crippen LogP contribution in [0.3, 0.4) is 0 Å². The molecule has 4 aromatic rings. The minimum Gasteiger partial charge on any atom is -0.394 e. The van der Waals surface area contributed by atoms with Crippen molar-refractivity contribution in [1.82, 2.24) is 19.5 Å². The fourth-order valence-electron chi connectivity index (χ4n) is 4.28. The molecule has 34 heavy (non-hydrogen) atoms. The van der Waals surface area contributed by atoms with E-state index in [9.17, 15) is 15.3 Å². The van der Waals surface area contributed by atoms with Gasteiger partial charge in [0, 0.05) is 0 Å². The second-order valence-electron chi connectivity index (χ2n) is 8.28. The molecule has 0 aliphatic carbocycles. The Morgan fingerprint density at radius 1 is 1.00 bits per heavy atom. The van der Waals surface area contributed by atoms with Crippen molar-refractivity contribution in [2.75, 3.05) is 17.7 Å². The number of nitrogen functional groups attached to an aromatic ring is 1. The van der Waals surface area contributed by atoms with Crippen LogP contribution in [0.4, 0.5) is 11.8 Å². The molecule has 5 atom stereocenters. The van der Waals surface area contributed by atoms with Crippen LogP contribution >= 0.6 is 0 Å². The van der Waals surface area contributed by atoms with Gasteiger partial charge in [0.05, 0.1) is 19.0 Å². The molecule has 10 heteroatoms. The number of hydrogen-bond donors (Lipinski definition) is 5. The average molecular weight is 463 g/mol. The van der Waals surface area contributed by atoms with Gasteiger partial charge in [0.15, 0.2) is 23.2 Å². The number of aromatic nitrogens is 4. The topological polar surface area (TPSA) is 152 Å². The highest BCUT2D eigenvalue weighted by Gasteiger charge is 2.44. The second-order valence-corrected chi connectivity index (χ2v) is 8.28. The number of imidazole rings is 1. The number of anilines is 2. The maximum atomic E-state index is 10.5. The molecule has 1 saturated heterocycles. The van der Waals surface area contributed by atoms with Crippen molar-refractivity contribution in [3.05, 3.63) is 78.1 Å². The number of nitrogens with zero attached hydrogens (tertiary/aromatic N) is 4. The Morgan fingerprint density at radius 3 is 2.38 bits per heavy atom. The molecule has 0 radical (unpaired) electrons. The van der Waals surface area contributed by atoms with Gasteiger partial charge in [-0.25, -0.2) is 4.98 Å². The molecule has 1 fully saturated rings. The van der Waals surface area contributed by atoms with Crippen LogP contribution in [0.5, 0.6) is 0 Å². The third kappa shape index (κ3) is 4.19. The Hall–Kier alpha value is -3.57. The maximum Gasteiger partial charge on any atom is 0.224 e. The van der Waals surface area contributed by atoms with Gasteiger partial charge in [-0.05, 0) is 17.5 Å². The van der Waals surface area contributed by atoms with Crippen molar-refractivity contribution >= 4 is 22.9 Å². The summed E-state index contributed by atoms with van der Waals surface area (Å²) in [5, 5.41) is 33.5. The van der Waals surface area contributed by atoms with E-state index >= 15 is 0 Å². The molecule has 10 nitrogen and oxygen atoms in total. The lowest BCUT2D eigenvalue weighted by atomic mass is 9.99. The van der Waals surface area contributed by atoms with Gasteiger partial charge < -0.3 is 31.1 Å². The summed E-state index contributed by atoms with van der Waals surface area (Å²) in [6.45, 7) is -0.427. The van der Waals surface area contributed by atoms with Gasteiger partial charge in [-0.2, -0.15) is 9.97 Å². The molecule has 1 aliphatic heterocycles. The molecule has 2 aromatic heterocycles. The lowest BCUT2D eigenvalue weighted by Crippen LogP contribution is -2.33. The highest BCUT2D eigenvalue weighted by Crippen LogP contribution is 2.33. The highest BCUT2D eigenvalue weighted by molar-refractivity contribution is 5.84. The van der Waals surface area contributed by atoms with Gasteiger partial charge >= 0.3 is 0 Å². The molecule has 0 amide bonds. The minimum absolute atomic E-state index is 0.0232. The molecule has 1 aliphatic rings. The Kier molecular flexibility index (Phi) is 6.12. The smallest absolute Gasteiger partial charge is 0.224 e. The zero-order chi connectivity index (χ0) is 23.7.